The predicted octanol–water partition coefficient (Wildman–Crippen LogP) is 10.2. The zero-order chi connectivity index (χ0) is 48.5. The van der Waals surface area contributed by atoms with Crippen molar-refractivity contribution in [3.63, 3.8) is 0 Å². The van der Waals surface area contributed by atoms with Gasteiger partial charge >= 0.3 is 6.61 Å². The highest BCUT2D eigenvalue weighted by Gasteiger charge is 2.32. The largest absolute Gasteiger partial charge is 0.476 e. The molecule has 15 nitrogen and oxygen atoms in total. The highest BCUT2D eigenvalue weighted by molar-refractivity contribution is 7.90. The number of H-pyrrole nitrogens is 1. The smallest absolute Gasteiger partial charge is 0.387 e. The van der Waals surface area contributed by atoms with E-state index in [2.05, 4.69) is 55.5 Å². The lowest BCUT2D eigenvalue weighted by atomic mass is 9.72. The van der Waals surface area contributed by atoms with Gasteiger partial charge in [-0.3, -0.25) is 19.8 Å². The van der Waals surface area contributed by atoms with Crippen molar-refractivity contribution >= 4 is 72.6 Å². The van der Waals surface area contributed by atoms with Gasteiger partial charge in [0.15, 0.2) is 0 Å². The van der Waals surface area contributed by atoms with Gasteiger partial charge in [-0.15, -0.1) is 0 Å². The van der Waals surface area contributed by atoms with Gasteiger partial charge < -0.3 is 29.6 Å². The first-order valence-electron chi connectivity index (χ1n) is 22.7. The lowest BCUT2D eigenvalue weighted by Crippen LogP contribution is -2.47. The van der Waals surface area contributed by atoms with Crippen molar-refractivity contribution in [2.24, 2.45) is 5.41 Å². The van der Waals surface area contributed by atoms with Gasteiger partial charge in [0.2, 0.25) is 5.88 Å². The fraction of sp³-hybridized carbons (Fsp3) is 0.320. The van der Waals surface area contributed by atoms with E-state index < -0.39 is 38.0 Å². The zero-order valence-electron chi connectivity index (χ0n) is 38.0. The number of carbonyl (C=O) groups is 1. The number of anilines is 4. The third-order valence-corrected chi connectivity index (χ3v) is 14.5. The molecule has 1 amide bonds. The van der Waals surface area contributed by atoms with E-state index in [-0.39, 0.29) is 29.0 Å². The zero-order valence-corrected chi connectivity index (χ0v) is 39.6. The van der Waals surface area contributed by atoms with Crippen LogP contribution in [0.2, 0.25) is 5.02 Å². The van der Waals surface area contributed by atoms with Crippen molar-refractivity contribution in [2.45, 2.75) is 57.6 Å². The summed E-state index contributed by atoms with van der Waals surface area (Å²) < 4.78 is 66.2. The third-order valence-electron chi connectivity index (χ3n) is 12.9. The first kappa shape index (κ1) is 47.3. The van der Waals surface area contributed by atoms with Crippen molar-refractivity contribution in [2.75, 3.05) is 61.0 Å². The molecule has 0 spiro atoms. The molecule has 0 unspecified atom stereocenters. The summed E-state index contributed by atoms with van der Waals surface area (Å²) in [7, 11) is -4.69. The number of amides is 1. The van der Waals surface area contributed by atoms with Gasteiger partial charge in [-0.2, -0.15) is 13.8 Å². The Bertz CT molecular complexity index is 3050. The quantitative estimate of drug-likeness (QED) is 0.0697. The van der Waals surface area contributed by atoms with Gasteiger partial charge in [-0.25, -0.2) is 13.1 Å². The van der Waals surface area contributed by atoms with E-state index in [1.54, 1.807) is 18.3 Å². The number of benzene rings is 4. The maximum absolute atomic E-state index is 14.4. The minimum atomic E-state index is -4.69. The molecule has 9 rings (SSSR count). The van der Waals surface area contributed by atoms with E-state index in [0.29, 0.717) is 66.1 Å². The van der Waals surface area contributed by atoms with Gasteiger partial charge in [-0.05, 0) is 115 Å². The standard InChI is InChI=1S/C50H51ClF2N8O7S/c1-50(2)17-15-35(41(29-50)33-7-9-36(51)10-8-33)31-58-20-22-59(23-21-58)37-11-13-40(43(27-37)60-19-4-24-67-48-45(60)26-34-16-18-54-46(34)56-48)47(62)57-69(65,66)39-12-14-42(44(28-39)61(63)64)55-30-32-5-3-6-38(25-32)68-49(52)53/h3,5-14,16,18,25-28,49,55H,4,15,17,19-24,29-31H2,1-2H3,(H,54,56)(H,57,62). The molecule has 1 aliphatic carbocycles. The summed E-state index contributed by atoms with van der Waals surface area (Å²) in [6, 6.07) is 26.3. The molecule has 360 valence electrons. The van der Waals surface area contributed by atoms with Gasteiger partial charge in [0.25, 0.3) is 21.6 Å². The van der Waals surface area contributed by atoms with Crippen LogP contribution in [-0.4, -0.2) is 86.6 Å². The Morgan fingerprint density at radius 2 is 1.78 bits per heavy atom. The van der Waals surface area contributed by atoms with E-state index in [4.69, 9.17) is 21.3 Å². The monoisotopic (exact) mass is 980 g/mol. The van der Waals surface area contributed by atoms with E-state index in [0.717, 1.165) is 62.1 Å². The summed E-state index contributed by atoms with van der Waals surface area (Å²) in [5.74, 6) is -0.679. The van der Waals surface area contributed by atoms with Crippen molar-refractivity contribution in [1.29, 1.82) is 0 Å². The molecule has 4 heterocycles. The second kappa shape index (κ2) is 19.7. The number of aromatic amines is 1. The van der Waals surface area contributed by atoms with Crippen molar-refractivity contribution in [3.05, 3.63) is 141 Å². The van der Waals surface area contributed by atoms with Crippen LogP contribution >= 0.6 is 11.6 Å². The number of halogens is 3. The molecule has 1 fully saturated rings. The molecule has 69 heavy (non-hydrogen) atoms. The van der Waals surface area contributed by atoms with Crippen molar-refractivity contribution in [1.82, 2.24) is 19.6 Å². The fourth-order valence-corrected chi connectivity index (χ4v) is 10.4. The molecular formula is C50H51ClF2N8O7S. The second-order valence-electron chi connectivity index (χ2n) is 18.2. The predicted molar refractivity (Wildman–Crippen MR) is 262 cm³/mol. The Balaban J connectivity index is 0.979. The number of fused-ring (bicyclic) bond motifs is 2. The number of hydrogen-bond acceptors (Lipinski definition) is 12. The van der Waals surface area contributed by atoms with Crippen LogP contribution in [0.3, 0.4) is 0 Å². The molecule has 4 aromatic carbocycles. The van der Waals surface area contributed by atoms with Gasteiger partial charge in [0.05, 0.1) is 27.7 Å². The van der Waals surface area contributed by atoms with Crippen LogP contribution in [0.15, 0.2) is 114 Å². The average molecular weight is 982 g/mol. The van der Waals surface area contributed by atoms with Crippen LogP contribution in [0.5, 0.6) is 11.6 Å². The Labute approximate surface area is 403 Å². The number of carbonyl (C=O) groups excluding carboxylic acids is 1. The number of nitrogens with one attached hydrogen (secondary N) is 3. The molecule has 0 atom stereocenters. The summed E-state index contributed by atoms with van der Waals surface area (Å²) in [6.45, 7) is 6.26. The van der Waals surface area contributed by atoms with Crippen LogP contribution in [0.4, 0.5) is 37.2 Å². The number of nitrogens with zero attached hydrogens (tertiary/aromatic N) is 5. The average Bonchev–Trinajstić information content (AvgIpc) is 3.68. The number of allylic oxidation sites excluding steroid dienone is 1. The number of nitro benzene ring substituents is 1. The minimum Gasteiger partial charge on any atom is -0.476 e. The summed E-state index contributed by atoms with van der Waals surface area (Å²) in [5, 5.41) is 16.7. The SMILES string of the molecule is CC1(C)CCC(CN2CCN(c3ccc(C(=O)NS(=O)(=O)c4ccc(NCc5cccc(OC(F)F)c5)c([N+](=O)[O-])c4)c(N4CCCOc5nc6[nH]ccc6cc54)c3)CC2)=C(c2ccc(Cl)cc2)C1. The molecule has 2 aliphatic heterocycles. The fourth-order valence-electron chi connectivity index (χ4n) is 9.29. The Kier molecular flexibility index (Phi) is 13.5. The molecule has 19 heteroatoms. The van der Waals surface area contributed by atoms with Crippen LogP contribution < -0.4 is 29.3 Å². The summed E-state index contributed by atoms with van der Waals surface area (Å²) in [4.78, 5) is 39.9. The lowest BCUT2D eigenvalue weighted by Gasteiger charge is -2.39. The van der Waals surface area contributed by atoms with Crippen molar-refractivity contribution in [3.8, 4) is 11.6 Å². The highest BCUT2D eigenvalue weighted by Crippen LogP contribution is 2.44. The Morgan fingerprint density at radius 3 is 2.55 bits per heavy atom. The number of rotatable bonds is 14. The molecule has 3 aliphatic rings. The van der Waals surface area contributed by atoms with Gasteiger partial charge in [0, 0.05) is 74.2 Å². The number of pyridine rings is 1. The van der Waals surface area contributed by atoms with E-state index in [9.17, 15) is 32.1 Å². The third kappa shape index (κ3) is 10.8. The number of piperazine rings is 1. The van der Waals surface area contributed by atoms with E-state index in [1.807, 2.05) is 41.3 Å². The molecule has 2 aromatic heterocycles. The molecule has 1 saturated heterocycles. The van der Waals surface area contributed by atoms with Crippen LogP contribution in [0.1, 0.15) is 61.0 Å². The molecular weight excluding hydrogens is 930 g/mol. The molecule has 3 N–H and O–H groups in total. The Morgan fingerprint density at radius 1 is 0.986 bits per heavy atom. The molecule has 6 aromatic rings. The normalized spacial score (nSPS) is 16.5. The number of sulfonamides is 1. The number of ether oxygens (including phenoxy) is 2. The molecule has 0 saturated carbocycles. The maximum atomic E-state index is 14.4. The van der Waals surface area contributed by atoms with Crippen LogP contribution in [0, 0.1) is 15.5 Å². The van der Waals surface area contributed by atoms with Crippen molar-refractivity contribution < 1.29 is 36.4 Å². The molecule has 0 radical (unpaired) electrons. The first-order chi connectivity index (χ1) is 33.1. The second-order valence-corrected chi connectivity index (χ2v) is 20.3. The van der Waals surface area contributed by atoms with Gasteiger partial charge in [-0.1, -0.05) is 55.3 Å². The summed E-state index contributed by atoms with van der Waals surface area (Å²) >= 11 is 6.27. The minimum absolute atomic E-state index is 0.0305. The van der Waals surface area contributed by atoms with Gasteiger partial charge in [0.1, 0.15) is 22.8 Å². The first-order valence-corrected chi connectivity index (χ1v) is 24.6. The van der Waals surface area contributed by atoms with Crippen LogP contribution in [-0.2, 0) is 16.6 Å². The lowest BCUT2D eigenvalue weighted by molar-refractivity contribution is -0.384. The Hall–Kier alpha value is -6.76. The van der Waals surface area contributed by atoms with Crippen LogP contribution in [0.25, 0.3) is 16.6 Å². The van der Waals surface area contributed by atoms with E-state index in [1.165, 1.54) is 41.0 Å². The number of hydrogen-bond donors (Lipinski definition) is 3. The number of alkyl halides is 2. The molecule has 0 bridgehead atoms. The maximum Gasteiger partial charge on any atom is 0.387 e. The summed E-state index contributed by atoms with van der Waals surface area (Å²) in [5.41, 5.74) is 6.69. The number of nitro groups is 1. The summed E-state index contributed by atoms with van der Waals surface area (Å²) in [6.07, 6.45) is 5.48. The van der Waals surface area contributed by atoms with E-state index >= 15 is 0 Å². The highest BCUT2D eigenvalue weighted by atomic mass is 35.5. The topological polar surface area (TPSA) is 175 Å². The number of aromatic nitrogens is 2.